The van der Waals surface area contributed by atoms with Crippen molar-refractivity contribution in [2.75, 3.05) is 31.6 Å². The SMILES string of the molecule is Cc1c(C(=O)Nc2ccc(C3(C#N)CCC(N4CCOCC4)CC3)nc2)cnn1C1(C)N=CC(Cl)=CC1Cl. The molecule has 5 rings (SSSR count). The number of anilines is 1. The fourth-order valence-corrected chi connectivity index (χ4v) is 6.17. The van der Waals surface area contributed by atoms with Crippen LogP contribution in [0.2, 0.25) is 0 Å². The third kappa shape index (κ3) is 4.98. The molecule has 1 amide bonds. The fraction of sp³-hybridized carbons (Fsp3) is 0.519. The van der Waals surface area contributed by atoms with Crippen LogP contribution < -0.4 is 5.32 Å². The number of pyridine rings is 1. The van der Waals surface area contributed by atoms with Gasteiger partial charge in [-0.1, -0.05) is 11.6 Å². The fourth-order valence-electron chi connectivity index (χ4n) is 5.64. The molecule has 200 valence electrons. The summed E-state index contributed by atoms with van der Waals surface area (Å²) in [5, 5.41) is 17.4. The molecule has 0 spiro atoms. The molecular formula is C27H31Cl2N7O2. The predicted molar refractivity (Wildman–Crippen MR) is 147 cm³/mol. The molecule has 0 bridgehead atoms. The first kappa shape index (κ1) is 26.8. The Bertz CT molecular complexity index is 1290. The third-order valence-corrected chi connectivity index (χ3v) is 8.82. The lowest BCUT2D eigenvalue weighted by Crippen LogP contribution is -2.47. The maximum atomic E-state index is 13.1. The molecule has 1 saturated carbocycles. The summed E-state index contributed by atoms with van der Waals surface area (Å²) in [6.45, 7) is 7.12. The topological polar surface area (TPSA) is 108 Å². The molecule has 2 aromatic rings. The number of carbonyl (C=O) groups excluding carboxylic acids is 1. The van der Waals surface area contributed by atoms with E-state index in [1.165, 1.54) is 12.4 Å². The second-order valence-corrected chi connectivity index (χ2v) is 11.2. The first-order chi connectivity index (χ1) is 18.3. The van der Waals surface area contributed by atoms with Crippen molar-refractivity contribution in [3.8, 4) is 6.07 Å². The van der Waals surface area contributed by atoms with E-state index < -0.39 is 16.5 Å². The minimum absolute atomic E-state index is 0.313. The van der Waals surface area contributed by atoms with Crippen LogP contribution in [0.3, 0.4) is 0 Å². The number of alkyl halides is 1. The zero-order valence-electron chi connectivity index (χ0n) is 21.5. The van der Waals surface area contributed by atoms with Gasteiger partial charge in [0.25, 0.3) is 5.91 Å². The van der Waals surface area contributed by atoms with Crippen molar-refractivity contribution in [2.45, 2.75) is 62.0 Å². The van der Waals surface area contributed by atoms with Crippen molar-refractivity contribution in [3.63, 3.8) is 0 Å². The number of carbonyl (C=O) groups is 1. The van der Waals surface area contributed by atoms with Gasteiger partial charge in [-0.25, -0.2) is 4.68 Å². The van der Waals surface area contributed by atoms with E-state index in [1.807, 2.05) is 19.1 Å². The quantitative estimate of drug-likeness (QED) is 0.549. The number of halogens is 2. The first-order valence-corrected chi connectivity index (χ1v) is 13.7. The van der Waals surface area contributed by atoms with Gasteiger partial charge in [-0.2, -0.15) is 10.4 Å². The Kier molecular flexibility index (Phi) is 7.60. The highest BCUT2D eigenvalue weighted by Gasteiger charge is 2.40. The van der Waals surface area contributed by atoms with Crippen LogP contribution >= 0.6 is 23.2 Å². The van der Waals surface area contributed by atoms with Gasteiger partial charge >= 0.3 is 0 Å². The molecule has 1 aliphatic carbocycles. The van der Waals surface area contributed by atoms with Crippen molar-refractivity contribution in [3.05, 3.63) is 52.6 Å². The van der Waals surface area contributed by atoms with Gasteiger partial charge in [-0.15, -0.1) is 11.6 Å². The minimum atomic E-state index is -0.905. The van der Waals surface area contributed by atoms with E-state index in [9.17, 15) is 10.1 Å². The van der Waals surface area contributed by atoms with E-state index in [-0.39, 0.29) is 5.91 Å². The summed E-state index contributed by atoms with van der Waals surface area (Å²) in [6, 6.07) is 6.71. The van der Waals surface area contributed by atoms with Crippen molar-refractivity contribution in [1.29, 1.82) is 5.26 Å². The highest BCUT2D eigenvalue weighted by atomic mass is 35.5. The van der Waals surface area contributed by atoms with Gasteiger partial charge in [0.15, 0.2) is 5.66 Å². The monoisotopic (exact) mass is 555 g/mol. The third-order valence-electron chi connectivity index (χ3n) is 8.06. The average molecular weight is 556 g/mol. The summed E-state index contributed by atoms with van der Waals surface area (Å²) in [6.07, 6.45) is 9.83. The van der Waals surface area contributed by atoms with Crippen molar-refractivity contribution in [2.24, 2.45) is 4.99 Å². The number of amides is 1. The highest BCUT2D eigenvalue weighted by molar-refractivity contribution is 6.40. The number of ether oxygens (including phenoxy) is 1. The zero-order valence-corrected chi connectivity index (χ0v) is 23.0. The van der Waals surface area contributed by atoms with Gasteiger partial charge in [-0.05, 0) is 57.7 Å². The Hall–Kier alpha value is -2.77. The Morgan fingerprint density at radius 1 is 1.24 bits per heavy atom. The summed E-state index contributed by atoms with van der Waals surface area (Å²) >= 11 is 12.6. The van der Waals surface area contributed by atoms with Crippen LogP contribution in [0, 0.1) is 18.3 Å². The molecule has 3 aliphatic rings. The van der Waals surface area contributed by atoms with Gasteiger partial charge in [0, 0.05) is 25.3 Å². The van der Waals surface area contributed by atoms with E-state index in [2.05, 4.69) is 31.4 Å². The maximum Gasteiger partial charge on any atom is 0.259 e. The maximum absolute atomic E-state index is 13.1. The summed E-state index contributed by atoms with van der Waals surface area (Å²) in [7, 11) is 0. The summed E-state index contributed by atoms with van der Waals surface area (Å²) < 4.78 is 7.12. The number of hydrogen-bond acceptors (Lipinski definition) is 7. The largest absolute Gasteiger partial charge is 0.379 e. The Morgan fingerprint density at radius 3 is 2.61 bits per heavy atom. The van der Waals surface area contributed by atoms with E-state index in [1.54, 1.807) is 23.9 Å². The lowest BCUT2D eigenvalue weighted by molar-refractivity contribution is 0.00493. The molecule has 1 saturated heterocycles. The number of dihydropyridines is 1. The van der Waals surface area contributed by atoms with Gasteiger partial charge < -0.3 is 10.1 Å². The van der Waals surface area contributed by atoms with Gasteiger partial charge in [0.2, 0.25) is 0 Å². The molecular weight excluding hydrogens is 525 g/mol. The molecule has 0 radical (unpaired) electrons. The lowest BCUT2D eigenvalue weighted by atomic mass is 9.71. The molecule has 0 aromatic carbocycles. The molecule has 2 unspecified atom stereocenters. The van der Waals surface area contributed by atoms with Crippen LogP contribution in [0.15, 0.2) is 40.6 Å². The molecule has 2 atom stereocenters. The van der Waals surface area contributed by atoms with Gasteiger partial charge in [0.05, 0.1) is 70.1 Å². The van der Waals surface area contributed by atoms with Crippen LogP contribution in [0.25, 0.3) is 0 Å². The first-order valence-electron chi connectivity index (χ1n) is 12.9. The molecule has 11 heteroatoms. The number of nitrogens with one attached hydrogen (secondary N) is 1. The number of allylic oxidation sites excluding steroid dienone is 1. The van der Waals surface area contributed by atoms with E-state index >= 15 is 0 Å². The normalized spacial score (nSPS) is 29.9. The van der Waals surface area contributed by atoms with Gasteiger partial charge in [-0.3, -0.25) is 19.7 Å². The highest BCUT2D eigenvalue weighted by Crippen LogP contribution is 2.40. The molecule has 2 fully saturated rings. The summed E-state index contributed by atoms with van der Waals surface area (Å²) in [4.78, 5) is 24.7. The Morgan fingerprint density at radius 2 is 1.97 bits per heavy atom. The van der Waals surface area contributed by atoms with E-state index in [0.29, 0.717) is 28.0 Å². The standard InChI is InChI=1S/C27H31Cl2N7O2/c1-18-22(16-33-36(18)26(2)23(29)13-19(28)14-32-26)25(37)34-20-3-4-24(31-15-20)27(17-30)7-5-21(6-8-27)35-9-11-38-12-10-35/h3-4,13-16,21,23H,5-12H2,1-2H3,(H,34,37). The molecule has 38 heavy (non-hydrogen) atoms. The van der Waals surface area contributed by atoms with Crippen LogP contribution in [0.1, 0.15) is 54.4 Å². The predicted octanol–water partition coefficient (Wildman–Crippen LogP) is 4.36. The van der Waals surface area contributed by atoms with Crippen LogP contribution in [-0.2, 0) is 15.8 Å². The second-order valence-electron chi connectivity index (χ2n) is 10.3. The lowest BCUT2D eigenvalue weighted by Gasteiger charge is -2.41. The number of aromatic nitrogens is 3. The molecule has 9 nitrogen and oxygen atoms in total. The van der Waals surface area contributed by atoms with Crippen molar-refractivity contribution >= 4 is 41.0 Å². The molecule has 2 aromatic heterocycles. The number of nitrogens with zero attached hydrogens (tertiary/aromatic N) is 6. The molecule has 2 aliphatic heterocycles. The van der Waals surface area contributed by atoms with E-state index in [0.717, 1.165) is 57.7 Å². The smallest absolute Gasteiger partial charge is 0.259 e. The zero-order chi connectivity index (χ0) is 26.9. The van der Waals surface area contributed by atoms with Crippen LogP contribution in [-0.4, -0.2) is 69.5 Å². The average Bonchev–Trinajstić information content (AvgIpc) is 3.34. The number of morpholine rings is 1. The Labute approximate surface area is 232 Å². The summed E-state index contributed by atoms with van der Waals surface area (Å²) in [5.41, 5.74) is 0.833. The number of aliphatic imine (C=N–C) groups is 1. The number of rotatable bonds is 5. The number of hydrogen-bond donors (Lipinski definition) is 1. The van der Waals surface area contributed by atoms with Crippen LogP contribution in [0.5, 0.6) is 0 Å². The van der Waals surface area contributed by atoms with Crippen LogP contribution in [0.4, 0.5) is 5.69 Å². The Balaban J connectivity index is 1.26. The van der Waals surface area contributed by atoms with Gasteiger partial charge in [0.1, 0.15) is 0 Å². The number of nitriles is 1. The molecule has 1 N–H and O–H groups in total. The van der Waals surface area contributed by atoms with Crippen molar-refractivity contribution in [1.82, 2.24) is 19.7 Å². The summed E-state index contributed by atoms with van der Waals surface area (Å²) in [5.74, 6) is -0.313. The minimum Gasteiger partial charge on any atom is -0.379 e. The van der Waals surface area contributed by atoms with E-state index in [4.69, 9.17) is 27.9 Å². The van der Waals surface area contributed by atoms with Crippen molar-refractivity contribution < 1.29 is 9.53 Å². The second kappa shape index (κ2) is 10.8. The molecule has 4 heterocycles.